The van der Waals surface area contributed by atoms with Gasteiger partial charge in [0, 0.05) is 25.1 Å². The van der Waals surface area contributed by atoms with E-state index in [2.05, 4.69) is 32.2 Å². The van der Waals surface area contributed by atoms with Crippen LogP contribution >= 0.6 is 15.9 Å². The third-order valence-corrected chi connectivity index (χ3v) is 3.76. The van der Waals surface area contributed by atoms with Gasteiger partial charge in [0.15, 0.2) is 5.41 Å². The van der Waals surface area contributed by atoms with Gasteiger partial charge in [-0.05, 0) is 18.4 Å². The minimum absolute atomic E-state index is 0.844. The van der Waals surface area contributed by atoms with E-state index in [1.165, 1.54) is 5.56 Å². The van der Waals surface area contributed by atoms with Crippen LogP contribution in [-0.4, -0.2) is 29.8 Å². The van der Waals surface area contributed by atoms with Crippen LogP contribution in [0.2, 0.25) is 0 Å². The summed E-state index contributed by atoms with van der Waals surface area (Å²) in [5.74, 6) is 0. The molecule has 0 fully saturated rings. The van der Waals surface area contributed by atoms with Crippen molar-refractivity contribution >= 4 is 26.2 Å². The van der Waals surface area contributed by atoms with Gasteiger partial charge >= 0.3 is 0 Å². The summed E-state index contributed by atoms with van der Waals surface area (Å²) in [4.78, 5) is 0. The maximum atomic E-state index is 5.37. The van der Waals surface area contributed by atoms with E-state index in [0.29, 0.717) is 0 Å². The van der Waals surface area contributed by atoms with Crippen LogP contribution in [-0.2, 0) is 21.3 Å². The number of methoxy groups -OCH3 is 2. The third kappa shape index (κ3) is 3.17. The van der Waals surface area contributed by atoms with Gasteiger partial charge in [0.25, 0.3) is 0 Å². The number of rotatable bonds is 6. The molecule has 0 unspecified atom stereocenters. The molecular weight excluding hydrogens is 284 g/mol. The van der Waals surface area contributed by atoms with E-state index in [1.54, 1.807) is 14.2 Å². The molecule has 3 radical (unpaired) electrons. The minimum atomic E-state index is -0.844. The molecule has 0 aromatic heterocycles. The lowest BCUT2D eigenvalue weighted by Gasteiger charge is -2.29. The maximum Gasteiger partial charge on any atom is 0.168 e. The second-order valence-electron chi connectivity index (χ2n) is 3.47. The third-order valence-electron chi connectivity index (χ3n) is 2.53. The van der Waals surface area contributed by atoms with E-state index in [1.807, 2.05) is 18.2 Å². The van der Waals surface area contributed by atoms with Crippen molar-refractivity contribution in [1.82, 2.24) is 0 Å². The highest BCUT2D eigenvalue weighted by Crippen LogP contribution is 2.26. The van der Waals surface area contributed by atoms with Gasteiger partial charge in [-0.25, -0.2) is 0 Å². The number of ether oxygens (including phenoxy) is 2. The van der Waals surface area contributed by atoms with Crippen LogP contribution in [0.5, 0.6) is 0 Å². The number of halogens is 1. The number of benzene rings is 1. The molecule has 0 spiro atoms. The predicted molar refractivity (Wildman–Crippen MR) is 70.0 cm³/mol. The zero-order chi connectivity index (χ0) is 12.0. The Morgan fingerprint density at radius 1 is 1.25 bits per heavy atom. The summed E-state index contributed by atoms with van der Waals surface area (Å²) in [6, 6.07) is 8.14. The van der Waals surface area contributed by atoms with E-state index < -0.39 is 5.41 Å². The number of alkyl halides is 1. The first-order chi connectivity index (χ1) is 7.68. The van der Waals surface area contributed by atoms with E-state index in [-0.39, 0.29) is 0 Å². The van der Waals surface area contributed by atoms with Crippen LogP contribution in [0.1, 0.15) is 17.5 Å². The lowest BCUT2D eigenvalue weighted by Crippen LogP contribution is -2.32. The van der Waals surface area contributed by atoms with Crippen molar-refractivity contribution in [1.29, 1.82) is 0 Å². The Morgan fingerprint density at radius 3 is 2.44 bits per heavy atom. The minimum Gasteiger partial charge on any atom is -0.354 e. The molecule has 1 aromatic rings. The summed E-state index contributed by atoms with van der Waals surface area (Å²) >= 11 is 3.44. The Balaban J connectivity index is 3.01. The lowest BCUT2D eigenvalue weighted by molar-refractivity contribution is -0.149. The molecule has 1 aromatic carbocycles. The van der Waals surface area contributed by atoms with Crippen LogP contribution in [0.4, 0.5) is 0 Å². The zero-order valence-electron chi connectivity index (χ0n) is 9.63. The molecule has 4 heteroatoms. The quantitative estimate of drug-likeness (QED) is 0.457. The Morgan fingerprint density at radius 2 is 1.88 bits per heavy atom. The monoisotopic (exact) mass is 299 g/mol. The van der Waals surface area contributed by atoms with Crippen molar-refractivity contribution in [3.63, 3.8) is 0 Å². The molecule has 0 aliphatic heterocycles. The summed E-state index contributed by atoms with van der Waals surface area (Å²) in [7, 11) is 6.78. The van der Waals surface area contributed by atoms with Gasteiger partial charge in [0.1, 0.15) is 10.2 Å². The largest absolute Gasteiger partial charge is 0.354 e. The summed E-state index contributed by atoms with van der Waals surface area (Å²) in [5.41, 5.74) is 1.42. The second kappa shape index (κ2) is 6.54. The average Bonchev–Trinajstić information content (AvgIpc) is 2.35. The van der Waals surface area contributed by atoms with E-state index in [4.69, 9.17) is 9.47 Å². The van der Waals surface area contributed by atoms with E-state index in [9.17, 15) is 0 Å². The van der Waals surface area contributed by atoms with Crippen molar-refractivity contribution in [2.75, 3.05) is 19.5 Å². The van der Waals surface area contributed by atoms with Gasteiger partial charge in [0.2, 0.25) is 0 Å². The van der Waals surface area contributed by atoms with E-state index in [0.717, 1.165) is 23.7 Å². The fraction of sp³-hybridized carbons (Fsp3) is 0.500. The van der Waals surface area contributed by atoms with Gasteiger partial charge < -0.3 is 9.47 Å². The Bertz CT molecular complexity index is 327. The van der Waals surface area contributed by atoms with Gasteiger partial charge in [0.05, 0.1) is 0 Å². The number of aryl methyl sites for hydroxylation is 1. The molecule has 16 heavy (non-hydrogen) atoms. The number of hydrogen-bond acceptors (Lipinski definition) is 2. The van der Waals surface area contributed by atoms with Crippen LogP contribution < -0.4 is 0 Å². The average molecular weight is 300 g/mol. The van der Waals surface area contributed by atoms with Crippen LogP contribution in [0.3, 0.4) is 0 Å². The number of hydrogen-bond donors (Lipinski definition) is 0. The molecule has 0 saturated heterocycles. The van der Waals surface area contributed by atoms with Crippen molar-refractivity contribution in [2.24, 2.45) is 0 Å². The normalized spacial score (nSPS) is 11.8. The molecule has 0 atom stereocenters. The Kier molecular flexibility index (Phi) is 5.68. The van der Waals surface area contributed by atoms with Crippen LogP contribution in [0, 0.1) is 0 Å². The molecule has 87 valence electrons. The van der Waals surface area contributed by atoms with E-state index >= 15 is 0 Å². The van der Waals surface area contributed by atoms with Gasteiger partial charge in [-0.2, -0.15) is 0 Å². The van der Waals surface area contributed by atoms with Gasteiger partial charge in [-0.1, -0.05) is 40.2 Å². The van der Waals surface area contributed by atoms with Crippen molar-refractivity contribution < 1.29 is 9.47 Å². The summed E-state index contributed by atoms with van der Waals surface area (Å²) in [5, 5.41) is 0.996. The SMILES string of the molecule is COC([Si])(OC)c1ccccc1CCCBr. The summed E-state index contributed by atoms with van der Waals surface area (Å²) < 4.78 is 10.7. The lowest BCUT2D eigenvalue weighted by atomic mass is 10.0. The highest BCUT2D eigenvalue weighted by Gasteiger charge is 2.27. The molecule has 0 heterocycles. The first-order valence-electron chi connectivity index (χ1n) is 5.17. The first kappa shape index (κ1) is 13.9. The molecule has 2 nitrogen and oxygen atoms in total. The summed E-state index contributed by atoms with van der Waals surface area (Å²) in [6.45, 7) is 0. The standard InChI is InChI=1S/C12H16BrO2Si/c1-14-12(16,15-2)11-8-4-3-6-10(11)7-5-9-13/h3-4,6,8H,5,7,9H2,1-2H3. The Labute approximate surface area is 109 Å². The van der Waals surface area contributed by atoms with Gasteiger partial charge in [-0.15, -0.1) is 0 Å². The zero-order valence-corrected chi connectivity index (χ0v) is 12.2. The molecule has 0 N–H and O–H groups in total. The predicted octanol–water partition coefficient (Wildman–Crippen LogP) is 2.59. The molecule has 1 rings (SSSR count). The van der Waals surface area contributed by atoms with Gasteiger partial charge in [-0.3, -0.25) is 0 Å². The van der Waals surface area contributed by atoms with Crippen LogP contribution in [0.15, 0.2) is 24.3 Å². The highest BCUT2D eigenvalue weighted by molar-refractivity contribution is 9.09. The Hall–Kier alpha value is -0.163. The summed E-state index contributed by atoms with van der Waals surface area (Å²) in [6.07, 6.45) is 2.09. The molecule has 0 saturated carbocycles. The molecule has 0 amide bonds. The molecular formula is C12H16BrO2Si. The van der Waals surface area contributed by atoms with Crippen LogP contribution in [0.25, 0.3) is 0 Å². The molecule has 0 bridgehead atoms. The maximum absolute atomic E-state index is 5.37. The molecule has 0 aliphatic rings. The van der Waals surface area contributed by atoms with Crippen molar-refractivity contribution in [3.05, 3.63) is 35.4 Å². The second-order valence-corrected chi connectivity index (χ2v) is 4.93. The fourth-order valence-electron chi connectivity index (χ4n) is 1.62. The molecule has 0 aliphatic carbocycles. The smallest absolute Gasteiger partial charge is 0.168 e. The fourth-order valence-corrected chi connectivity index (χ4v) is 2.14. The van der Waals surface area contributed by atoms with Crippen molar-refractivity contribution in [3.8, 4) is 0 Å². The topological polar surface area (TPSA) is 18.5 Å². The highest BCUT2D eigenvalue weighted by atomic mass is 79.9. The first-order valence-corrected chi connectivity index (χ1v) is 6.79. The van der Waals surface area contributed by atoms with Crippen molar-refractivity contribution in [2.45, 2.75) is 18.3 Å².